The lowest BCUT2D eigenvalue weighted by molar-refractivity contribution is 0.185. The summed E-state index contributed by atoms with van der Waals surface area (Å²) in [5.74, 6) is 0.567. The zero-order valence-corrected chi connectivity index (χ0v) is 11.0. The topological polar surface area (TPSA) is 74.6 Å². The van der Waals surface area contributed by atoms with Crippen molar-refractivity contribution < 1.29 is 9.90 Å². The Labute approximate surface area is 111 Å². The smallest absolute Gasteiger partial charge is 0.321 e. The first-order valence-corrected chi connectivity index (χ1v) is 6.43. The van der Waals surface area contributed by atoms with Crippen molar-refractivity contribution in [2.75, 3.05) is 25.0 Å². The number of aliphatic hydroxyl groups excluding tert-OH is 1. The minimum Gasteiger partial charge on any atom is -0.395 e. The highest BCUT2D eigenvalue weighted by Gasteiger charge is 2.26. The standard InChI is InChI=1S/C13H19N3O3/c1-15-9-11(4-5-12(15)18)14-13(19)16(6-7-17)8-10-2-3-10/h4-5,9-10,17H,2-3,6-8H2,1H3,(H,14,19). The SMILES string of the molecule is Cn1cc(NC(=O)N(CCO)CC2CC2)ccc1=O. The molecule has 19 heavy (non-hydrogen) atoms. The Morgan fingerprint density at radius 3 is 2.84 bits per heavy atom. The van der Waals surface area contributed by atoms with Crippen LogP contribution in [0, 0.1) is 5.92 Å². The molecule has 2 rings (SSSR count). The number of carbonyl (C=O) groups is 1. The molecule has 0 bridgehead atoms. The predicted molar refractivity (Wildman–Crippen MR) is 72.1 cm³/mol. The molecule has 6 nitrogen and oxygen atoms in total. The third-order valence-corrected chi connectivity index (χ3v) is 3.17. The summed E-state index contributed by atoms with van der Waals surface area (Å²) >= 11 is 0. The molecule has 1 aromatic rings. The summed E-state index contributed by atoms with van der Waals surface area (Å²) in [6.45, 7) is 0.958. The van der Waals surface area contributed by atoms with Gasteiger partial charge >= 0.3 is 6.03 Å². The molecule has 1 saturated carbocycles. The van der Waals surface area contributed by atoms with E-state index in [0.717, 1.165) is 12.8 Å². The maximum Gasteiger partial charge on any atom is 0.321 e. The van der Waals surface area contributed by atoms with Gasteiger partial charge in [0.1, 0.15) is 0 Å². The van der Waals surface area contributed by atoms with Crippen LogP contribution in [0.4, 0.5) is 10.5 Å². The minimum absolute atomic E-state index is 0.0482. The van der Waals surface area contributed by atoms with Crippen LogP contribution in [0.15, 0.2) is 23.1 Å². The summed E-state index contributed by atoms with van der Waals surface area (Å²) in [6, 6.07) is 2.75. The lowest BCUT2D eigenvalue weighted by Crippen LogP contribution is -2.38. The average molecular weight is 265 g/mol. The molecule has 0 aliphatic heterocycles. The van der Waals surface area contributed by atoms with E-state index >= 15 is 0 Å². The number of anilines is 1. The summed E-state index contributed by atoms with van der Waals surface area (Å²) in [5.41, 5.74) is 0.453. The van der Waals surface area contributed by atoms with Crippen molar-refractivity contribution in [1.29, 1.82) is 0 Å². The second kappa shape index (κ2) is 5.88. The molecule has 1 fully saturated rings. The van der Waals surface area contributed by atoms with Gasteiger partial charge in [0.2, 0.25) is 5.56 Å². The first kappa shape index (κ1) is 13.6. The summed E-state index contributed by atoms with van der Waals surface area (Å²) in [6.07, 6.45) is 3.87. The first-order chi connectivity index (χ1) is 9.10. The van der Waals surface area contributed by atoms with Gasteiger partial charge in [-0.25, -0.2) is 4.79 Å². The van der Waals surface area contributed by atoms with Gasteiger partial charge in [0.05, 0.1) is 12.3 Å². The van der Waals surface area contributed by atoms with Gasteiger partial charge in [0.25, 0.3) is 0 Å². The summed E-state index contributed by atoms with van der Waals surface area (Å²) in [4.78, 5) is 24.9. The van der Waals surface area contributed by atoms with Crippen molar-refractivity contribution in [2.45, 2.75) is 12.8 Å². The van der Waals surface area contributed by atoms with E-state index in [-0.39, 0.29) is 18.2 Å². The van der Waals surface area contributed by atoms with Crippen LogP contribution in [-0.2, 0) is 7.05 Å². The molecule has 1 aliphatic rings. The number of aromatic nitrogens is 1. The van der Waals surface area contributed by atoms with Gasteiger partial charge in [-0.3, -0.25) is 4.79 Å². The molecule has 0 spiro atoms. The van der Waals surface area contributed by atoms with Crippen molar-refractivity contribution in [3.63, 3.8) is 0 Å². The number of hydrogen-bond acceptors (Lipinski definition) is 3. The molecule has 2 amide bonds. The zero-order chi connectivity index (χ0) is 13.8. The van der Waals surface area contributed by atoms with Crippen LogP contribution in [0.3, 0.4) is 0 Å². The number of pyridine rings is 1. The molecular weight excluding hydrogens is 246 g/mol. The van der Waals surface area contributed by atoms with Gasteiger partial charge in [-0.05, 0) is 24.8 Å². The van der Waals surface area contributed by atoms with Crippen LogP contribution in [0.25, 0.3) is 0 Å². The number of rotatable bonds is 5. The Morgan fingerprint density at radius 1 is 1.53 bits per heavy atom. The average Bonchev–Trinajstić information content (AvgIpc) is 3.17. The molecule has 6 heteroatoms. The maximum absolute atomic E-state index is 12.1. The molecule has 0 atom stereocenters. The van der Waals surface area contributed by atoms with Crippen molar-refractivity contribution >= 4 is 11.7 Å². The lowest BCUT2D eigenvalue weighted by atomic mass is 10.3. The Kier molecular flexibility index (Phi) is 4.21. The van der Waals surface area contributed by atoms with E-state index in [9.17, 15) is 9.59 Å². The monoisotopic (exact) mass is 265 g/mol. The van der Waals surface area contributed by atoms with Crippen molar-refractivity contribution in [3.05, 3.63) is 28.7 Å². The van der Waals surface area contributed by atoms with Gasteiger partial charge in [-0.1, -0.05) is 0 Å². The van der Waals surface area contributed by atoms with Gasteiger partial charge in [-0.2, -0.15) is 0 Å². The van der Waals surface area contributed by atoms with Crippen LogP contribution in [-0.4, -0.2) is 40.3 Å². The highest BCUT2D eigenvalue weighted by molar-refractivity contribution is 5.89. The van der Waals surface area contributed by atoms with E-state index < -0.39 is 0 Å². The van der Waals surface area contributed by atoms with E-state index in [1.165, 1.54) is 10.6 Å². The first-order valence-electron chi connectivity index (χ1n) is 6.43. The molecule has 1 aromatic heterocycles. The van der Waals surface area contributed by atoms with Gasteiger partial charge < -0.3 is 19.9 Å². The fourth-order valence-electron chi connectivity index (χ4n) is 1.88. The molecule has 2 N–H and O–H groups in total. The van der Waals surface area contributed by atoms with Crippen molar-refractivity contribution in [3.8, 4) is 0 Å². The largest absolute Gasteiger partial charge is 0.395 e. The Hall–Kier alpha value is -1.82. The van der Waals surface area contributed by atoms with Crippen LogP contribution in [0.1, 0.15) is 12.8 Å². The number of carbonyl (C=O) groups excluding carboxylic acids is 1. The van der Waals surface area contributed by atoms with E-state index in [1.807, 2.05) is 0 Å². The number of hydrogen-bond donors (Lipinski definition) is 2. The van der Waals surface area contributed by atoms with E-state index in [0.29, 0.717) is 24.7 Å². The van der Waals surface area contributed by atoms with Crippen LogP contribution in [0.2, 0.25) is 0 Å². The number of nitrogens with one attached hydrogen (secondary N) is 1. The highest BCUT2D eigenvalue weighted by Crippen LogP contribution is 2.29. The Balaban J connectivity index is 2.00. The van der Waals surface area contributed by atoms with E-state index in [1.54, 1.807) is 24.2 Å². The molecule has 1 aliphatic carbocycles. The summed E-state index contributed by atoms with van der Waals surface area (Å²) < 4.78 is 1.41. The second-order valence-electron chi connectivity index (χ2n) is 4.91. The number of amides is 2. The molecule has 0 radical (unpaired) electrons. The minimum atomic E-state index is -0.236. The zero-order valence-electron chi connectivity index (χ0n) is 11.0. The summed E-state index contributed by atoms with van der Waals surface area (Å²) in [5, 5.41) is 11.7. The number of aryl methyl sites for hydroxylation is 1. The van der Waals surface area contributed by atoms with Crippen molar-refractivity contribution in [1.82, 2.24) is 9.47 Å². The lowest BCUT2D eigenvalue weighted by Gasteiger charge is -2.22. The van der Waals surface area contributed by atoms with Crippen LogP contribution in [0.5, 0.6) is 0 Å². The summed E-state index contributed by atoms with van der Waals surface area (Å²) in [7, 11) is 1.63. The third kappa shape index (κ3) is 3.82. The second-order valence-corrected chi connectivity index (χ2v) is 4.91. The quantitative estimate of drug-likeness (QED) is 0.819. The van der Waals surface area contributed by atoms with Crippen LogP contribution >= 0.6 is 0 Å². The highest BCUT2D eigenvalue weighted by atomic mass is 16.3. The molecule has 104 valence electrons. The van der Waals surface area contributed by atoms with Gasteiger partial charge in [0, 0.05) is 32.4 Å². The normalized spacial score (nSPS) is 14.2. The molecular formula is C13H19N3O3. The van der Waals surface area contributed by atoms with E-state index in [4.69, 9.17) is 5.11 Å². The Bertz CT molecular complexity index is 508. The third-order valence-electron chi connectivity index (χ3n) is 3.17. The van der Waals surface area contributed by atoms with E-state index in [2.05, 4.69) is 5.32 Å². The van der Waals surface area contributed by atoms with Crippen LogP contribution < -0.4 is 10.9 Å². The Morgan fingerprint density at radius 2 is 2.26 bits per heavy atom. The molecule has 0 aromatic carbocycles. The van der Waals surface area contributed by atoms with Gasteiger partial charge in [0.15, 0.2) is 0 Å². The molecule has 0 saturated heterocycles. The van der Waals surface area contributed by atoms with Gasteiger partial charge in [-0.15, -0.1) is 0 Å². The predicted octanol–water partition coefficient (Wildman–Crippen LogP) is 0.621. The van der Waals surface area contributed by atoms with Crippen molar-refractivity contribution in [2.24, 2.45) is 13.0 Å². The fraction of sp³-hybridized carbons (Fsp3) is 0.538. The molecule has 0 unspecified atom stereocenters. The number of urea groups is 1. The molecule has 1 heterocycles. The number of nitrogens with zero attached hydrogens (tertiary/aromatic N) is 2. The maximum atomic E-state index is 12.1. The fourth-order valence-corrected chi connectivity index (χ4v) is 1.88. The number of aliphatic hydroxyl groups is 1.